The van der Waals surface area contributed by atoms with Crippen molar-refractivity contribution < 1.29 is 14.3 Å². The van der Waals surface area contributed by atoms with Gasteiger partial charge in [0.1, 0.15) is 5.75 Å². The van der Waals surface area contributed by atoms with Gasteiger partial charge in [0, 0.05) is 16.3 Å². The molecule has 22 heavy (non-hydrogen) atoms. The molecule has 6 nitrogen and oxygen atoms in total. The Bertz CT molecular complexity index is 702. The molecule has 0 saturated carbocycles. The standard InChI is InChI=1S/C15H14ClN3O3/c1-22-13-7-4-10(16)8-12(13)18-15(21)19-14(20)9-2-5-11(17)6-3-9/h2-8H,17H2,1H3,(H2,18,19,20,21). The molecule has 0 unspecified atom stereocenters. The molecule has 3 amide bonds. The number of urea groups is 1. The quantitative estimate of drug-likeness (QED) is 0.758. The van der Waals surface area contributed by atoms with E-state index in [-0.39, 0.29) is 0 Å². The number of carbonyl (C=O) groups is 2. The largest absolute Gasteiger partial charge is 0.495 e. The van der Waals surface area contributed by atoms with Crippen LogP contribution in [0.25, 0.3) is 0 Å². The minimum Gasteiger partial charge on any atom is -0.495 e. The molecule has 0 fully saturated rings. The van der Waals surface area contributed by atoms with E-state index < -0.39 is 11.9 Å². The molecule has 0 bridgehead atoms. The van der Waals surface area contributed by atoms with Gasteiger partial charge in [0.15, 0.2) is 0 Å². The summed E-state index contributed by atoms with van der Waals surface area (Å²) in [6, 6.07) is 10.3. The average Bonchev–Trinajstić information content (AvgIpc) is 2.48. The van der Waals surface area contributed by atoms with Gasteiger partial charge in [0.2, 0.25) is 0 Å². The van der Waals surface area contributed by atoms with E-state index in [4.69, 9.17) is 22.1 Å². The maximum atomic E-state index is 11.9. The summed E-state index contributed by atoms with van der Waals surface area (Å²) in [6.45, 7) is 0. The number of imide groups is 1. The van der Waals surface area contributed by atoms with Gasteiger partial charge < -0.3 is 15.8 Å². The number of nitrogens with two attached hydrogens (primary N) is 1. The van der Waals surface area contributed by atoms with Crippen LogP contribution in [0.2, 0.25) is 5.02 Å². The Morgan fingerprint density at radius 3 is 2.45 bits per heavy atom. The molecule has 4 N–H and O–H groups in total. The number of amides is 3. The number of halogens is 1. The van der Waals surface area contributed by atoms with Crippen LogP contribution in [0.4, 0.5) is 16.2 Å². The van der Waals surface area contributed by atoms with Crippen molar-refractivity contribution in [1.29, 1.82) is 0 Å². The first-order valence-corrected chi connectivity index (χ1v) is 6.69. The lowest BCUT2D eigenvalue weighted by molar-refractivity contribution is 0.0967. The third-order valence-electron chi connectivity index (χ3n) is 2.81. The average molecular weight is 320 g/mol. The lowest BCUT2D eigenvalue weighted by Crippen LogP contribution is -2.34. The molecule has 0 aliphatic heterocycles. The van der Waals surface area contributed by atoms with Crippen LogP contribution in [0.1, 0.15) is 10.4 Å². The highest BCUT2D eigenvalue weighted by molar-refractivity contribution is 6.31. The van der Waals surface area contributed by atoms with Gasteiger partial charge >= 0.3 is 6.03 Å². The van der Waals surface area contributed by atoms with E-state index >= 15 is 0 Å². The molecule has 7 heteroatoms. The number of benzene rings is 2. The predicted octanol–water partition coefficient (Wildman–Crippen LogP) is 2.89. The second-order valence-electron chi connectivity index (χ2n) is 4.37. The van der Waals surface area contributed by atoms with Crippen molar-refractivity contribution in [3.8, 4) is 5.75 Å². The Morgan fingerprint density at radius 2 is 1.82 bits per heavy atom. The summed E-state index contributed by atoms with van der Waals surface area (Å²) in [5.74, 6) is -0.113. The summed E-state index contributed by atoms with van der Waals surface area (Å²) in [5, 5.41) is 5.15. The Morgan fingerprint density at radius 1 is 1.14 bits per heavy atom. The van der Waals surface area contributed by atoms with Crippen molar-refractivity contribution in [3.05, 3.63) is 53.1 Å². The summed E-state index contributed by atoms with van der Waals surface area (Å²) < 4.78 is 5.10. The van der Waals surface area contributed by atoms with Crippen molar-refractivity contribution in [3.63, 3.8) is 0 Å². The second kappa shape index (κ2) is 6.82. The maximum Gasteiger partial charge on any atom is 0.326 e. The number of hydrogen-bond donors (Lipinski definition) is 3. The van der Waals surface area contributed by atoms with Gasteiger partial charge in [0.05, 0.1) is 12.8 Å². The minimum atomic E-state index is -0.692. The van der Waals surface area contributed by atoms with Gasteiger partial charge in [-0.2, -0.15) is 0 Å². The van der Waals surface area contributed by atoms with Crippen LogP contribution in [0.3, 0.4) is 0 Å². The number of nitrogens with one attached hydrogen (secondary N) is 2. The zero-order chi connectivity index (χ0) is 16.1. The van der Waals surface area contributed by atoms with Crippen LogP contribution in [-0.2, 0) is 0 Å². The number of carbonyl (C=O) groups excluding carboxylic acids is 2. The fraction of sp³-hybridized carbons (Fsp3) is 0.0667. The molecule has 0 aliphatic rings. The third-order valence-corrected chi connectivity index (χ3v) is 3.04. The molecule has 0 saturated heterocycles. The van der Waals surface area contributed by atoms with Crippen molar-refractivity contribution >= 4 is 34.9 Å². The van der Waals surface area contributed by atoms with E-state index in [0.717, 1.165) is 0 Å². The highest BCUT2D eigenvalue weighted by Crippen LogP contribution is 2.27. The van der Waals surface area contributed by atoms with Crippen molar-refractivity contribution in [2.24, 2.45) is 0 Å². The van der Waals surface area contributed by atoms with Gasteiger partial charge in [-0.15, -0.1) is 0 Å². The number of rotatable bonds is 3. The van der Waals surface area contributed by atoms with Gasteiger partial charge in [0.25, 0.3) is 5.91 Å². The Balaban J connectivity index is 2.05. The van der Waals surface area contributed by atoms with Crippen molar-refractivity contribution in [2.75, 3.05) is 18.2 Å². The predicted molar refractivity (Wildman–Crippen MR) is 85.3 cm³/mol. The molecular weight excluding hydrogens is 306 g/mol. The van der Waals surface area contributed by atoms with E-state index in [0.29, 0.717) is 27.7 Å². The number of anilines is 2. The molecule has 0 aromatic heterocycles. The van der Waals surface area contributed by atoms with Crippen LogP contribution in [0, 0.1) is 0 Å². The zero-order valence-electron chi connectivity index (χ0n) is 11.7. The van der Waals surface area contributed by atoms with Gasteiger partial charge in [-0.1, -0.05) is 11.6 Å². The minimum absolute atomic E-state index is 0.322. The lowest BCUT2D eigenvalue weighted by Gasteiger charge is -2.11. The van der Waals surface area contributed by atoms with E-state index in [1.807, 2.05) is 0 Å². The van der Waals surface area contributed by atoms with Crippen LogP contribution < -0.4 is 21.1 Å². The summed E-state index contributed by atoms with van der Waals surface area (Å²) in [7, 11) is 1.46. The first-order valence-electron chi connectivity index (χ1n) is 6.31. The molecule has 2 rings (SSSR count). The van der Waals surface area contributed by atoms with E-state index in [1.165, 1.54) is 25.3 Å². The number of hydrogen-bond acceptors (Lipinski definition) is 4. The smallest absolute Gasteiger partial charge is 0.326 e. The van der Waals surface area contributed by atoms with Crippen molar-refractivity contribution in [1.82, 2.24) is 5.32 Å². The number of methoxy groups -OCH3 is 1. The third kappa shape index (κ3) is 3.89. The number of nitrogen functional groups attached to an aromatic ring is 1. The molecule has 0 atom stereocenters. The Labute approximate surface area is 132 Å². The van der Waals surface area contributed by atoms with Crippen LogP contribution in [0.5, 0.6) is 5.75 Å². The van der Waals surface area contributed by atoms with Crippen molar-refractivity contribution in [2.45, 2.75) is 0 Å². The molecule has 0 heterocycles. The Kier molecular flexibility index (Phi) is 4.85. The van der Waals surface area contributed by atoms with Gasteiger partial charge in [-0.3, -0.25) is 10.1 Å². The van der Waals surface area contributed by atoms with E-state index in [2.05, 4.69) is 10.6 Å². The monoisotopic (exact) mass is 319 g/mol. The Hall–Kier alpha value is -2.73. The van der Waals surface area contributed by atoms with Gasteiger partial charge in [-0.25, -0.2) is 4.79 Å². The molecule has 2 aromatic rings. The zero-order valence-corrected chi connectivity index (χ0v) is 12.5. The topological polar surface area (TPSA) is 93.5 Å². The number of ether oxygens (including phenoxy) is 1. The van der Waals surface area contributed by atoms with E-state index in [1.54, 1.807) is 24.3 Å². The fourth-order valence-corrected chi connectivity index (χ4v) is 1.91. The van der Waals surface area contributed by atoms with Crippen LogP contribution in [-0.4, -0.2) is 19.0 Å². The van der Waals surface area contributed by atoms with Gasteiger partial charge in [-0.05, 0) is 42.5 Å². The summed E-state index contributed by atoms with van der Waals surface area (Å²) in [6.07, 6.45) is 0. The van der Waals surface area contributed by atoms with Crippen LogP contribution >= 0.6 is 11.6 Å². The second-order valence-corrected chi connectivity index (χ2v) is 4.81. The molecule has 0 aliphatic carbocycles. The SMILES string of the molecule is COc1ccc(Cl)cc1NC(=O)NC(=O)c1ccc(N)cc1. The highest BCUT2D eigenvalue weighted by atomic mass is 35.5. The first-order chi connectivity index (χ1) is 10.5. The lowest BCUT2D eigenvalue weighted by atomic mass is 10.2. The van der Waals surface area contributed by atoms with E-state index in [9.17, 15) is 9.59 Å². The summed E-state index contributed by atoms with van der Waals surface area (Å²) in [4.78, 5) is 23.8. The molecule has 0 radical (unpaired) electrons. The van der Waals surface area contributed by atoms with Crippen LogP contribution in [0.15, 0.2) is 42.5 Å². The molecule has 2 aromatic carbocycles. The normalized spacial score (nSPS) is 9.91. The summed E-state index contributed by atoms with van der Waals surface area (Å²) in [5.41, 5.74) is 6.75. The highest BCUT2D eigenvalue weighted by Gasteiger charge is 2.12. The fourth-order valence-electron chi connectivity index (χ4n) is 1.74. The molecular formula is C15H14ClN3O3. The maximum absolute atomic E-state index is 11.9. The molecule has 114 valence electrons. The molecule has 0 spiro atoms. The first kappa shape index (κ1) is 15.7. The summed E-state index contributed by atoms with van der Waals surface area (Å²) >= 11 is 5.87.